The van der Waals surface area contributed by atoms with Crippen molar-refractivity contribution in [1.82, 2.24) is 0 Å². The summed E-state index contributed by atoms with van der Waals surface area (Å²) in [5.41, 5.74) is 0.215. The molecule has 0 unspecified atom stereocenters. The predicted molar refractivity (Wildman–Crippen MR) is 51.1 cm³/mol. The van der Waals surface area contributed by atoms with Gasteiger partial charge in [0.15, 0.2) is 6.29 Å². The first kappa shape index (κ1) is 11.9. The number of ether oxygens (including phenoxy) is 2. The highest BCUT2D eigenvalue weighted by molar-refractivity contribution is 4.69. The molecule has 1 fully saturated rings. The van der Waals surface area contributed by atoms with Gasteiger partial charge >= 0.3 is 0 Å². The Bertz CT molecular complexity index is 100. The largest absolute Gasteiger partial charge is 0.352 e. The third-order valence-corrected chi connectivity index (χ3v) is 1.42. The van der Waals surface area contributed by atoms with Gasteiger partial charge in [0, 0.05) is 5.41 Å². The second-order valence-electron chi connectivity index (χ2n) is 4.06. The Balaban J connectivity index is 0.000000354. The molecule has 1 heterocycles. The molecule has 2 nitrogen and oxygen atoms in total. The van der Waals surface area contributed by atoms with Crippen molar-refractivity contribution in [3.63, 3.8) is 0 Å². The van der Waals surface area contributed by atoms with Crippen LogP contribution in [0.15, 0.2) is 0 Å². The fourth-order valence-electron chi connectivity index (χ4n) is 0.776. The van der Waals surface area contributed by atoms with Crippen LogP contribution >= 0.6 is 0 Å². The van der Waals surface area contributed by atoms with E-state index >= 15 is 0 Å². The van der Waals surface area contributed by atoms with Crippen LogP contribution in [0.2, 0.25) is 0 Å². The second-order valence-corrected chi connectivity index (χ2v) is 4.06. The average Bonchev–Trinajstić information content (AvgIpc) is 1.98. The van der Waals surface area contributed by atoms with E-state index in [9.17, 15) is 0 Å². The zero-order valence-corrected chi connectivity index (χ0v) is 9.02. The minimum absolute atomic E-state index is 0.00183. The normalized spacial score (nSPS) is 22.8. The zero-order valence-electron chi connectivity index (χ0n) is 9.02. The summed E-state index contributed by atoms with van der Waals surface area (Å²) >= 11 is 0. The van der Waals surface area contributed by atoms with Gasteiger partial charge in [0.1, 0.15) is 0 Å². The molecule has 12 heavy (non-hydrogen) atoms. The summed E-state index contributed by atoms with van der Waals surface area (Å²) in [6.07, 6.45) is 1.25. The smallest absolute Gasteiger partial charge is 0.154 e. The fraction of sp³-hybridized carbons (Fsp3) is 1.00. The van der Waals surface area contributed by atoms with Crippen LogP contribution < -0.4 is 0 Å². The van der Waals surface area contributed by atoms with Crippen LogP contribution in [-0.2, 0) is 9.47 Å². The molecule has 0 aliphatic carbocycles. The summed E-state index contributed by atoms with van der Waals surface area (Å²) in [4.78, 5) is 0. The third kappa shape index (κ3) is 5.56. The highest BCUT2D eigenvalue weighted by Crippen LogP contribution is 2.22. The molecular weight excluding hydrogens is 152 g/mol. The van der Waals surface area contributed by atoms with E-state index in [4.69, 9.17) is 9.47 Å². The van der Waals surface area contributed by atoms with E-state index in [0.717, 1.165) is 13.2 Å². The molecule has 0 atom stereocenters. The van der Waals surface area contributed by atoms with Gasteiger partial charge in [-0.1, -0.05) is 34.1 Å². The molecule has 0 aromatic carbocycles. The highest BCUT2D eigenvalue weighted by atomic mass is 16.7. The molecule has 0 aromatic rings. The van der Waals surface area contributed by atoms with Crippen molar-refractivity contribution in [2.75, 3.05) is 13.2 Å². The molecule has 0 bridgehead atoms. The Hall–Kier alpha value is -0.0800. The lowest BCUT2D eigenvalue weighted by Crippen LogP contribution is -2.36. The van der Waals surface area contributed by atoms with Gasteiger partial charge in [0.05, 0.1) is 13.2 Å². The molecule has 0 saturated carbocycles. The van der Waals surface area contributed by atoms with E-state index in [2.05, 4.69) is 27.7 Å². The van der Waals surface area contributed by atoms with E-state index in [1.807, 2.05) is 6.92 Å². The summed E-state index contributed by atoms with van der Waals surface area (Å²) in [5, 5.41) is 0. The minimum atomic E-state index is -0.00183. The molecule has 1 saturated heterocycles. The maximum atomic E-state index is 5.27. The molecule has 0 amide bonds. The van der Waals surface area contributed by atoms with Crippen LogP contribution in [-0.4, -0.2) is 19.5 Å². The summed E-state index contributed by atoms with van der Waals surface area (Å²) in [5.74, 6) is 0. The molecule has 1 aliphatic heterocycles. The zero-order chi connectivity index (χ0) is 9.61. The SMILES string of the molecule is CC1OCC(C)(C)CO1.CCC. The Morgan fingerprint density at radius 1 is 1.17 bits per heavy atom. The van der Waals surface area contributed by atoms with Crippen molar-refractivity contribution in [2.45, 2.75) is 47.3 Å². The van der Waals surface area contributed by atoms with Crippen molar-refractivity contribution in [1.29, 1.82) is 0 Å². The number of rotatable bonds is 0. The quantitative estimate of drug-likeness (QED) is 0.562. The summed E-state index contributed by atoms with van der Waals surface area (Å²) in [7, 11) is 0. The third-order valence-electron chi connectivity index (χ3n) is 1.42. The van der Waals surface area contributed by atoms with Crippen molar-refractivity contribution < 1.29 is 9.47 Å². The van der Waals surface area contributed by atoms with Gasteiger partial charge in [-0.15, -0.1) is 0 Å². The average molecular weight is 174 g/mol. The topological polar surface area (TPSA) is 18.5 Å². The first-order chi connectivity index (χ1) is 5.52. The van der Waals surface area contributed by atoms with Crippen LogP contribution in [0.25, 0.3) is 0 Å². The molecule has 2 heteroatoms. The van der Waals surface area contributed by atoms with Crippen LogP contribution in [0.4, 0.5) is 0 Å². The second kappa shape index (κ2) is 5.55. The van der Waals surface area contributed by atoms with E-state index in [1.165, 1.54) is 6.42 Å². The Morgan fingerprint density at radius 3 is 1.75 bits per heavy atom. The van der Waals surface area contributed by atoms with Gasteiger partial charge < -0.3 is 9.47 Å². The van der Waals surface area contributed by atoms with E-state index in [-0.39, 0.29) is 11.7 Å². The lowest BCUT2D eigenvalue weighted by molar-refractivity contribution is -0.212. The van der Waals surface area contributed by atoms with E-state index in [1.54, 1.807) is 0 Å². The lowest BCUT2D eigenvalue weighted by Gasteiger charge is -2.32. The monoisotopic (exact) mass is 174 g/mol. The maximum absolute atomic E-state index is 5.27. The number of hydrogen-bond donors (Lipinski definition) is 0. The summed E-state index contributed by atoms with van der Waals surface area (Å²) in [6.45, 7) is 12.1. The molecule has 74 valence electrons. The van der Waals surface area contributed by atoms with E-state index < -0.39 is 0 Å². The standard InChI is InChI=1S/C7H14O2.C3H8/c1-6-8-4-7(2,3)5-9-6;1-3-2/h6H,4-5H2,1-3H3;3H2,1-2H3. The molecule has 0 radical (unpaired) electrons. The van der Waals surface area contributed by atoms with Crippen LogP contribution in [0.5, 0.6) is 0 Å². The first-order valence-electron chi connectivity index (χ1n) is 4.75. The maximum Gasteiger partial charge on any atom is 0.154 e. The minimum Gasteiger partial charge on any atom is -0.352 e. The highest BCUT2D eigenvalue weighted by Gasteiger charge is 2.25. The van der Waals surface area contributed by atoms with Gasteiger partial charge in [0.2, 0.25) is 0 Å². The van der Waals surface area contributed by atoms with Crippen LogP contribution in [0, 0.1) is 5.41 Å². The van der Waals surface area contributed by atoms with E-state index in [0.29, 0.717) is 0 Å². The Labute approximate surface area is 76.3 Å². The van der Waals surface area contributed by atoms with Crippen LogP contribution in [0.1, 0.15) is 41.0 Å². The number of hydrogen-bond acceptors (Lipinski definition) is 2. The Morgan fingerprint density at radius 2 is 1.50 bits per heavy atom. The predicted octanol–water partition coefficient (Wildman–Crippen LogP) is 2.82. The van der Waals surface area contributed by atoms with Gasteiger partial charge in [-0.3, -0.25) is 0 Å². The molecule has 1 aliphatic rings. The summed E-state index contributed by atoms with van der Waals surface area (Å²) in [6, 6.07) is 0. The lowest BCUT2D eigenvalue weighted by atomic mass is 9.96. The molecule has 0 spiro atoms. The van der Waals surface area contributed by atoms with Gasteiger partial charge in [-0.25, -0.2) is 0 Å². The first-order valence-corrected chi connectivity index (χ1v) is 4.75. The van der Waals surface area contributed by atoms with Crippen molar-refractivity contribution in [3.8, 4) is 0 Å². The fourth-order valence-corrected chi connectivity index (χ4v) is 0.776. The van der Waals surface area contributed by atoms with Gasteiger partial charge in [-0.2, -0.15) is 0 Å². The molecule has 0 aromatic heterocycles. The van der Waals surface area contributed by atoms with Gasteiger partial charge in [0.25, 0.3) is 0 Å². The van der Waals surface area contributed by atoms with Crippen molar-refractivity contribution in [3.05, 3.63) is 0 Å². The van der Waals surface area contributed by atoms with Crippen molar-refractivity contribution >= 4 is 0 Å². The Kier molecular flexibility index (Phi) is 5.51. The van der Waals surface area contributed by atoms with Crippen LogP contribution in [0.3, 0.4) is 0 Å². The van der Waals surface area contributed by atoms with Crippen molar-refractivity contribution in [2.24, 2.45) is 5.41 Å². The molecule has 0 N–H and O–H groups in total. The van der Waals surface area contributed by atoms with Gasteiger partial charge in [-0.05, 0) is 6.92 Å². The summed E-state index contributed by atoms with van der Waals surface area (Å²) < 4.78 is 10.5. The molecule has 1 rings (SSSR count). The molecular formula is C10H22O2.